The fourth-order valence-corrected chi connectivity index (χ4v) is 2.40. The number of rotatable bonds is 8. The van der Waals surface area contributed by atoms with Crippen molar-refractivity contribution >= 4 is 21.7 Å². The summed E-state index contributed by atoms with van der Waals surface area (Å²) in [4.78, 5) is 10.9. The third-order valence-corrected chi connectivity index (χ3v) is 3.66. The number of methoxy groups -OCH3 is 1. The summed E-state index contributed by atoms with van der Waals surface area (Å²) >= 11 is 0. The van der Waals surface area contributed by atoms with Crippen molar-refractivity contribution in [3.8, 4) is 5.75 Å². The Morgan fingerprint density at radius 2 is 2.10 bits per heavy atom. The molecule has 0 radical (unpaired) electrons. The van der Waals surface area contributed by atoms with Crippen LogP contribution < -0.4 is 9.46 Å². The van der Waals surface area contributed by atoms with E-state index in [4.69, 9.17) is 14.6 Å². The zero-order valence-corrected chi connectivity index (χ0v) is 12.1. The molecule has 0 aliphatic carbocycles. The first kappa shape index (κ1) is 16.3. The van der Waals surface area contributed by atoms with E-state index in [1.807, 2.05) is 0 Å². The van der Waals surface area contributed by atoms with Crippen molar-refractivity contribution in [2.24, 2.45) is 0 Å². The van der Waals surface area contributed by atoms with Crippen LogP contribution in [0.15, 0.2) is 18.2 Å². The highest BCUT2D eigenvalue weighted by Crippen LogP contribution is 2.23. The van der Waals surface area contributed by atoms with Gasteiger partial charge in [0.05, 0.1) is 25.2 Å². The van der Waals surface area contributed by atoms with E-state index in [1.165, 1.54) is 25.3 Å². The Hall–Kier alpha value is -1.80. The summed E-state index contributed by atoms with van der Waals surface area (Å²) < 4.78 is 35.7. The summed E-state index contributed by atoms with van der Waals surface area (Å²) in [7, 11) is -2.23. The van der Waals surface area contributed by atoms with Crippen molar-refractivity contribution in [2.75, 3.05) is 30.8 Å². The van der Waals surface area contributed by atoms with E-state index < -0.39 is 16.0 Å². The van der Waals surface area contributed by atoms with Crippen molar-refractivity contribution < 1.29 is 27.8 Å². The van der Waals surface area contributed by atoms with Gasteiger partial charge >= 0.3 is 5.97 Å². The number of nitrogens with one attached hydrogen (secondary N) is 1. The van der Waals surface area contributed by atoms with E-state index in [1.54, 1.807) is 6.92 Å². The van der Waals surface area contributed by atoms with Gasteiger partial charge in [-0.1, -0.05) is 0 Å². The Bertz CT molecular complexity index is 569. The molecule has 1 aromatic rings. The van der Waals surface area contributed by atoms with Gasteiger partial charge < -0.3 is 14.6 Å². The number of aromatic carboxylic acids is 1. The first-order valence-corrected chi connectivity index (χ1v) is 7.54. The fourth-order valence-electron chi connectivity index (χ4n) is 1.47. The molecular formula is C12H17NO6S. The van der Waals surface area contributed by atoms with Gasteiger partial charge in [0, 0.05) is 12.7 Å². The summed E-state index contributed by atoms with van der Waals surface area (Å²) in [6.07, 6.45) is 0. The zero-order valence-electron chi connectivity index (χ0n) is 11.3. The van der Waals surface area contributed by atoms with Gasteiger partial charge in [0.15, 0.2) is 0 Å². The van der Waals surface area contributed by atoms with E-state index in [9.17, 15) is 13.2 Å². The molecule has 7 nitrogen and oxygen atoms in total. The summed E-state index contributed by atoms with van der Waals surface area (Å²) in [5, 5.41) is 8.93. The van der Waals surface area contributed by atoms with Gasteiger partial charge in [0.25, 0.3) is 0 Å². The number of sulfonamides is 1. The van der Waals surface area contributed by atoms with Crippen molar-refractivity contribution in [3.63, 3.8) is 0 Å². The van der Waals surface area contributed by atoms with E-state index in [0.717, 1.165) is 0 Å². The van der Waals surface area contributed by atoms with Gasteiger partial charge in [0.2, 0.25) is 10.0 Å². The number of carboxylic acid groups (broad SMARTS) is 1. The van der Waals surface area contributed by atoms with E-state index in [2.05, 4.69) is 4.72 Å². The number of carboxylic acids is 1. The van der Waals surface area contributed by atoms with Gasteiger partial charge in [0.1, 0.15) is 11.3 Å². The van der Waals surface area contributed by atoms with Gasteiger partial charge in [-0.05, 0) is 19.1 Å². The monoisotopic (exact) mass is 303 g/mol. The number of ether oxygens (including phenoxy) is 2. The van der Waals surface area contributed by atoms with Crippen molar-refractivity contribution in [3.05, 3.63) is 23.8 Å². The topological polar surface area (TPSA) is 102 Å². The number of carbonyl (C=O) groups is 1. The standard InChI is InChI=1S/C12H17NO6S/c1-3-19-6-7-20(16,17)13-9-4-5-10(12(14)15)11(8-9)18-2/h4-5,8,13H,3,6-7H2,1-2H3,(H,14,15). The second-order valence-corrected chi connectivity index (χ2v) is 5.68. The van der Waals surface area contributed by atoms with Gasteiger partial charge in [-0.15, -0.1) is 0 Å². The summed E-state index contributed by atoms with van der Waals surface area (Å²) in [5.74, 6) is -1.24. The Balaban J connectivity index is 2.85. The van der Waals surface area contributed by atoms with Crippen LogP contribution in [0.1, 0.15) is 17.3 Å². The molecule has 0 aliphatic rings. The van der Waals surface area contributed by atoms with Crippen LogP contribution in [0.2, 0.25) is 0 Å². The summed E-state index contributed by atoms with van der Waals surface area (Å²) in [5.41, 5.74) is 0.202. The lowest BCUT2D eigenvalue weighted by atomic mass is 10.2. The highest BCUT2D eigenvalue weighted by molar-refractivity contribution is 7.92. The van der Waals surface area contributed by atoms with Crippen LogP contribution >= 0.6 is 0 Å². The number of benzene rings is 1. The van der Waals surface area contributed by atoms with Crippen LogP contribution in [0.5, 0.6) is 5.75 Å². The molecule has 0 aromatic heterocycles. The Morgan fingerprint density at radius 1 is 1.40 bits per heavy atom. The van der Waals surface area contributed by atoms with Gasteiger partial charge in [-0.3, -0.25) is 4.72 Å². The molecule has 0 unspecified atom stereocenters. The first-order valence-electron chi connectivity index (χ1n) is 5.89. The second-order valence-electron chi connectivity index (χ2n) is 3.84. The van der Waals surface area contributed by atoms with E-state index >= 15 is 0 Å². The number of hydrogen-bond acceptors (Lipinski definition) is 5. The second kappa shape index (κ2) is 7.11. The molecule has 0 bridgehead atoms. The van der Waals surface area contributed by atoms with Crippen molar-refractivity contribution in [1.82, 2.24) is 0 Å². The lowest BCUT2D eigenvalue weighted by Crippen LogP contribution is -2.20. The van der Waals surface area contributed by atoms with Crippen molar-refractivity contribution in [2.45, 2.75) is 6.92 Å². The minimum atomic E-state index is -3.54. The SMILES string of the molecule is CCOCCS(=O)(=O)Nc1ccc(C(=O)O)c(OC)c1. The van der Waals surface area contributed by atoms with Crippen LogP contribution in [-0.4, -0.2) is 45.6 Å². The predicted molar refractivity (Wildman–Crippen MR) is 73.9 cm³/mol. The lowest BCUT2D eigenvalue weighted by molar-refractivity contribution is 0.0693. The molecular weight excluding hydrogens is 286 g/mol. The Morgan fingerprint density at radius 3 is 2.65 bits per heavy atom. The molecule has 0 amide bonds. The number of hydrogen-bond donors (Lipinski definition) is 2. The molecule has 2 N–H and O–H groups in total. The third-order valence-electron chi connectivity index (χ3n) is 2.41. The molecule has 112 valence electrons. The van der Waals surface area contributed by atoms with Crippen LogP contribution in [0, 0.1) is 0 Å². The minimum Gasteiger partial charge on any atom is -0.496 e. The van der Waals surface area contributed by atoms with Gasteiger partial charge in [-0.2, -0.15) is 0 Å². The van der Waals surface area contributed by atoms with Crippen LogP contribution in [0.3, 0.4) is 0 Å². The highest BCUT2D eigenvalue weighted by Gasteiger charge is 2.14. The average Bonchev–Trinajstić information content (AvgIpc) is 2.37. The minimum absolute atomic E-state index is 0.0373. The molecule has 1 rings (SSSR count). The molecule has 8 heteroatoms. The quantitative estimate of drug-likeness (QED) is 0.699. The number of anilines is 1. The van der Waals surface area contributed by atoms with Crippen molar-refractivity contribution in [1.29, 1.82) is 0 Å². The molecule has 0 heterocycles. The molecule has 0 saturated carbocycles. The average molecular weight is 303 g/mol. The largest absolute Gasteiger partial charge is 0.496 e. The zero-order chi connectivity index (χ0) is 15.2. The normalized spacial score (nSPS) is 11.1. The molecule has 0 atom stereocenters. The molecule has 20 heavy (non-hydrogen) atoms. The Kier molecular flexibility index (Phi) is 5.78. The van der Waals surface area contributed by atoms with E-state index in [0.29, 0.717) is 6.61 Å². The maximum absolute atomic E-state index is 11.7. The molecule has 0 fully saturated rings. The summed E-state index contributed by atoms with van der Waals surface area (Å²) in [6, 6.07) is 3.97. The fraction of sp³-hybridized carbons (Fsp3) is 0.417. The third kappa shape index (κ3) is 4.71. The van der Waals surface area contributed by atoms with Gasteiger partial charge in [-0.25, -0.2) is 13.2 Å². The smallest absolute Gasteiger partial charge is 0.339 e. The van der Waals surface area contributed by atoms with Crippen LogP contribution in [0.25, 0.3) is 0 Å². The maximum atomic E-state index is 11.7. The predicted octanol–water partition coefficient (Wildman–Crippen LogP) is 1.17. The molecule has 0 saturated heterocycles. The first-order chi connectivity index (χ1) is 9.39. The van der Waals surface area contributed by atoms with E-state index in [-0.39, 0.29) is 29.4 Å². The summed E-state index contributed by atoms with van der Waals surface area (Å²) in [6.45, 7) is 2.31. The van der Waals surface area contributed by atoms with Crippen LogP contribution in [-0.2, 0) is 14.8 Å². The molecule has 0 spiro atoms. The molecule has 0 aliphatic heterocycles. The lowest BCUT2D eigenvalue weighted by Gasteiger charge is -2.10. The Labute approximate surface area is 117 Å². The van der Waals surface area contributed by atoms with Crippen LogP contribution in [0.4, 0.5) is 5.69 Å². The highest BCUT2D eigenvalue weighted by atomic mass is 32.2. The maximum Gasteiger partial charge on any atom is 0.339 e. The molecule has 1 aromatic carbocycles.